The lowest BCUT2D eigenvalue weighted by molar-refractivity contribution is -0.142. The van der Waals surface area contributed by atoms with Crippen LogP contribution in [0.15, 0.2) is 73.1 Å². The van der Waals surface area contributed by atoms with E-state index in [1.807, 2.05) is 37.3 Å². The van der Waals surface area contributed by atoms with Crippen LogP contribution in [0.2, 0.25) is 0 Å². The highest BCUT2D eigenvalue weighted by Gasteiger charge is 2.29. The number of pyridine rings is 2. The third-order valence-corrected chi connectivity index (χ3v) is 7.32. The molecule has 218 valence electrons. The molecule has 1 saturated heterocycles. The molecular formula is C30H29N9O4. The van der Waals surface area contributed by atoms with E-state index in [1.54, 1.807) is 52.9 Å². The lowest BCUT2D eigenvalue weighted by Gasteiger charge is -2.18. The number of nitrogens with zero attached hydrogens (tertiary/aromatic N) is 8. The fraction of sp³-hybridized carbons (Fsp3) is 0.233. The van der Waals surface area contributed by atoms with Gasteiger partial charge in [-0.25, -0.2) is 24.5 Å². The summed E-state index contributed by atoms with van der Waals surface area (Å²) in [6, 6.07) is 10.5. The lowest BCUT2D eigenvalue weighted by Crippen LogP contribution is -2.35. The minimum absolute atomic E-state index is 0.185. The van der Waals surface area contributed by atoms with Gasteiger partial charge in [0.1, 0.15) is 41.8 Å². The van der Waals surface area contributed by atoms with Crippen LogP contribution in [0.1, 0.15) is 18.4 Å². The fourth-order valence-electron chi connectivity index (χ4n) is 4.97. The molecule has 0 bridgehead atoms. The van der Waals surface area contributed by atoms with E-state index < -0.39 is 12.0 Å². The molecule has 4 aromatic heterocycles. The van der Waals surface area contributed by atoms with Gasteiger partial charge < -0.3 is 15.2 Å². The Bertz CT molecular complexity index is 1880. The second-order valence-electron chi connectivity index (χ2n) is 10.4. The maximum Gasteiger partial charge on any atom is 0.321 e. The highest BCUT2D eigenvalue weighted by atomic mass is 16.5. The van der Waals surface area contributed by atoms with Gasteiger partial charge in [0, 0.05) is 35.5 Å². The summed E-state index contributed by atoms with van der Waals surface area (Å²) < 4.78 is 7.76. The zero-order valence-corrected chi connectivity index (χ0v) is 23.8. The molecule has 0 radical (unpaired) electrons. The summed E-state index contributed by atoms with van der Waals surface area (Å²) in [4.78, 5) is 45.4. The van der Waals surface area contributed by atoms with Crippen molar-refractivity contribution in [3.05, 3.63) is 78.7 Å². The average Bonchev–Trinajstić information content (AvgIpc) is 3.60. The Morgan fingerprint density at radius 1 is 1.14 bits per heavy atom. The van der Waals surface area contributed by atoms with Crippen molar-refractivity contribution in [2.45, 2.75) is 25.8 Å². The van der Waals surface area contributed by atoms with E-state index in [0.29, 0.717) is 58.2 Å². The summed E-state index contributed by atoms with van der Waals surface area (Å²) in [5, 5.41) is 17.6. The van der Waals surface area contributed by atoms with Gasteiger partial charge in [0.2, 0.25) is 0 Å². The van der Waals surface area contributed by atoms with Gasteiger partial charge >= 0.3 is 5.97 Å². The largest absolute Gasteiger partial charge is 0.480 e. The molecular weight excluding hydrogens is 550 g/mol. The van der Waals surface area contributed by atoms with E-state index in [0.717, 1.165) is 11.3 Å². The zero-order chi connectivity index (χ0) is 30.1. The van der Waals surface area contributed by atoms with Crippen molar-refractivity contribution in [3.8, 4) is 11.5 Å². The van der Waals surface area contributed by atoms with Gasteiger partial charge in [0.15, 0.2) is 5.65 Å². The van der Waals surface area contributed by atoms with Crippen molar-refractivity contribution < 1.29 is 19.4 Å². The van der Waals surface area contributed by atoms with Crippen molar-refractivity contribution in [1.82, 2.24) is 34.4 Å². The average molecular weight is 580 g/mol. The molecule has 1 unspecified atom stereocenters. The predicted molar refractivity (Wildman–Crippen MR) is 160 cm³/mol. The number of carboxylic acids is 1. The van der Waals surface area contributed by atoms with Crippen molar-refractivity contribution in [2.24, 2.45) is 0 Å². The summed E-state index contributed by atoms with van der Waals surface area (Å²) in [6.45, 7) is 2.40. The number of carboxylic acid groups (broad SMARTS) is 1. The molecule has 0 saturated carbocycles. The summed E-state index contributed by atoms with van der Waals surface area (Å²) in [5.41, 5.74) is 3.61. The Balaban J connectivity index is 1.20. The topological polar surface area (TPSA) is 151 Å². The minimum Gasteiger partial charge on any atom is -0.480 e. The molecule has 0 spiro atoms. The van der Waals surface area contributed by atoms with Gasteiger partial charge in [0.05, 0.1) is 11.7 Å². The van der Waals surface area contributed by atoms with Gasteiger partial charge in [-0.15, -0.1) is 0 Å². The highest BCUT2D eigenvalue weighted by Crippen LogP contribution is 2.32. The van der Waals surface area contributed by atoms with Crippen molar-refractivity contribution in [3.63, 3.8) is 0 Å². The number of hydrogen-bond acceptors (Lipinski definition) is 10. The molecule has 1 fully saturated rings. The Kier molecular flexibility index (Phi) is 7.38. The molecule has 5 aromatic rings. The molecule has 1 atom stereocenters. The van der Waals surface area contributed by atoms with E-state index in [2.05, 4.69) is 30.4 Å². The van der Waals surface area contributed by atoms with Crippen LogP contribution in [0.3, 0.4) is 0 Å². The molecule has 1 aliphatic rings. The molecule has 13 heteroatoms. The molecule has 5 heterocycles. The first-order valence-electron chi connectivity index (χ1n) is 13.6. The number of hydrogen-bond donors (Lipinski definition) is 2. The maximum absolute atomic E-state index is 13.2. The number of ether oxygens (including phenoxy) is 1. The maximum atomic E-state index is 13.2. The second-order valence-corrected chi connectivity index (χ2v) is 10.4. The third-order valence-electron chi connectivity index (χ3n) is 7.32. The van der Waals surface area contributed by atoms with Crippen molar-refractivity contribution >= 4 is 45.7 Å². The van der Waals surface area contributed by atoms with Crippen LogP contribution in [0.5, 0.6) is 11.5 Å². The molecule has 0 aliphatic carbocycles. The molecule has 43 heavy (non-hydrogen) atoms. The SMILES string of the molecule is Cc1cc(Nc2ncnc3cnc(N4CC/C(=C\CC(C(=O)O)N(C)C)C4=O)cc23)ccc1Oc1ccn2ncnc2c1. The number of nitrogens with one attached hydrogen (secondary N) is 1. The van der Waals surface area contributed by atoms with Crippen LogP contribution in [0.25, 0.3) is 16.6 Å². The first-order chi connectivity index (χ1) is 20.8. The summed E-state index contributed by atoms with van der Waals surface area (Å²) >= 11 is 0. The minimum atomic E-state index is -0.928. The first-order valence-corrected chi connectivity index (χ1v) is 13.6. The van der Waals surface area contributed by atoms with E-state index in [-0.39, 0.29) is 12.3 Å². The van der Waals surface area contributed by atoms with Crippen LogP contribution in [0, 0.1) is 6.92 Å². The van der Waals surface area contributed by atoms with Crippen LogP contribution in [-0.2, 0) is 9.59 Å². The van der Waals surface area contributed by atoms with E-state index in [1.165, 1.54) is 12.7 Å². The number of aryl methyl sites for hydroxylation is 1. The monoisotopic (exact) mass is 579 g/mol. The normalized spacial score (nSPS) is 15.1. The van der Waals surface area contributed by atoms with Gasteiger partial charge in [-0.2, -0.15) is 5.10 Å². The number of aromatic nitrogens is 6. The van der Waals surface area contributed by atoms with Gasteiger partial charge in [-0.1, -0.05) is 6.08 Å². The predicted octanol–water partition coefficient (Wildman–Crippen LogP) is 3.98. The fourth-order valence-corrected chi connectivity index (χ4v) is 4.97. The number of fused-ring (bicyclic) bond motifs is 2. The molecule has 1 amide bonds. The second kappa shape index (κ2) is 11.4. The number of benzene rings is 1. The third kappa shape index (κ3) is 5.70. The van der Waals surface area contributed by atoms with Gasteiger partial charge in [0.25, 0.3) is 5.91 Å². The smallest absolute Gasteiger partial charge is 0.321 e. The first kappa shape index (κ1) is 27.7. The highest BCUT2D eigenvalue weighted by molar-refractivity contribution is 6.08. The number of amides is 1. The van der Waals surface area contributed by atoms with Gasteiger partial charge in [-0.3, -0.25) is 19.4 Å². The summed E-state index contributed by atoms with van der Waals surface area (Å²) in [7, 11) is 3.41. The Hall–Kier alpha value is -5.43. The Morgan fingerprint density at radius 2 is 2.00 bits per heavy atom. The number of anilines is 3. The Labute approximate surface area is 246 Å². The van der Waals surface area contributed by atoms with Crippen LogP contribution >= 0.6 is 0 Å². The number of likely N-dealkylation sites (N-methyl/N-ethyl adjacent to an activating group) is 1. The zero-order valence-electron chi connectivity index (χ0n) is 23.8. The van der Waals surface area contributed by atoms with E-state index in [9.17, 15) is 14.7 Å². The molecule has 1 aliphatic heterocycles. The molecule has 13 nitrogen and oxygen atoms in total. The van der Waals surface area contributed by atoms with E-state index in [4.69, 9.17) is 4.74 Å². The number of carbonyl (C=O) groups is 2. The molecule has 1 aromatic carbocycles. The van der Waals surface area contributed by atoms with Crippen LogP contribution in [-0.4, -0.2) is 78.1 Å². The van der Waals surface area contributed by atoms with Crippen LogP contribution < -0.4 is 15.0 Å². The van der Waals surface area contributed by atoms with Crippen molar-refractivity contribution in [1.29, 1.82) is 0 Å². The Morgan fingerprint density at radius 3 is 2.79 bits per heavy atom. The standard InChI is InChI=1S/C30H29N9O4/c1-18-12-20(5-7-25(18)43-21-9-11-39-27(13-21)33-17-35-39)36-28-22-14-26(31-15-23(22)32-16-34-28)38-10-8-19(29(38)40)4-6-24(30(41)42)37(2)3/h4-5,7,9,11-17,24H,6,8,10H2,1-3H3,(H,41,42)(H,32,34,36)/b19-4+. The number of carbonyl (C=O) groups excluding carboxylic acids is 1. The van der Waals surface area contributed by atoms with Crippen LogP contribution in [0.4, 0.5) is 17.3 Å². The molecule has 2 N–H and O–H groups in total. The summed E-state index contributed by atoms with van der Waals surface area (Å²) in [5.74, 6) is 1.28. The van der Waals surface area contributed by atoms with Crippen molar-refractivity contribution in [2.75, 3.05) is 30.9 Å². The number of rotatable bonds is 9. The van der Waals surface area contributed by atoms with Gasteiger partial charge in [-0.05, 0) is 69.8 Å². The summed E-state index contributed by atoms with van der Waals surface area (Å²) in [6.07, 6.45) is 8.83. The number of aliphatic carboxylic acids is 1. The molecule has 6 rings (SSSR count). The lowest BCUT2D eigenvalue weighted by atomic mass is 10.1. The van der Waals surface area contributed by atoms with E-state index >= 15 is 0 Å². The quantitative estimate of drug-likeness (QED) is 0.244.